The fourth-order valence-corrected chi connectivity index (χ4v) is 3.68. The molecule has 3 nitrogen and oxygen atoms in total. The summed E-state index contributed by atoms with van der Waals surface area (Å²) in [7, 11) is 4.41. The van der Waals surface area contributed by atoms with Crippen molar-refractivity contribution in [2.75, 3.05) is 33.7 Å². The summed E-state index contributed by atoms with van der Waals surface area (Å²) in [6.07, 6.45) is 6.56. The molecule has 0 bridgehead atoms. The van der Waals surface area contributed by atoms with E-state index in [-0.39, 0.29) is 0 Å². The highest BCUT2D eigenvalue weighted by molar-refractivity contribution is 4.85. The van der Waals surface area contributed by atoms with Gasteiger partial charge in [-0.05, 0) is 71.1 Å². The van der Waals surface area contributed by atoms with Crippen molar-refractivity contribution in [3.8, 4) is 0 Å². The molecule has 106 valence electrons. The Morgan fingerprint density at radius 3 is 2.39 bits per heavy atom. The molecule has 2 N–H and O–H groups in total. The molecule has 1 aliphatic carbocycles. The zero-order chi connectivity index (χ0) is 13.1. The first-order valence-electron chi connectivity index (χ1n) is 7.70. The molecule has 0 aromatic carbocycles. The normalized spacial score (nSPS) is 36.2. The maximum absolute atomic E-state index is 6.30. The van der Waals surface area contributed by atoms with E-state index >= 15 is 0 Å². The van der Waals surface area contributed by atoms with Gasteiger partial charge in [0.1, 0.15) is 0 Å². The van der Waals surface area contributed by atoms with Crippen molar-refractivity contribution in [2.24, 2.45) is 17.6 Å². The lowest BCUT2D eigenvalue weighted by molar-refractivity contribution is 0.107. The molecule has 18 heavy (non-hydrogen) atoms. The van der Waals surface area contributed by atoms with Crippen LogP contribution in [0.1, 0.15) is 39.0 Å². The van der Waals surface area contributed by atoms with Crippen LogP contribution in [0.15, 0.2) is 0 Å². The Labute approximate surface area is 113 Å². The second-order valence-corrected chi connectivity index (χ2v) is 6.84. The highest BCUT2D eigenvalue weighted by Gasteiger charge is 2.29. The summed E-state index contributed by atoms with van der Waals surface area (Å²) in [4.78, 5) is 5.04. The van der Waals surface area contributed by atoms with E-state index < -0.39 is 0 Å². The van der Waals surface area contributed by atoms with Gasteiger partial charge < -0.3 is 15.5 Å². The molecule has 2 fully saturated rings. The van der Waals surface area contributed by atoms with E-state index in [0.717, 1.165) is 17.9 Å². The Morgan fingerprint density at radius 1 is 1.11 bits per heavy atom. The summed E-state index contributed by atoms with van der Waals surface area (Å²) in [5, 5.41) is 0. The molecule has 3 atom stereocenters. The summed E-state index contributed by atoms with van der Waals surface area (Å²) in [5.41, 5.74) is 6.30. The molecule has 0 aromatic rings. The highest BCUT2D eigenvalue weighted by atomic mass is 15.2. The fraction of sp³-hybridized carbons (Fsp3) is 1.00. The largest absolute Gasteiger partial charge is 0.327 e. The van der Waals surface area contributed by atoms with Crippen molar-refractivity contribution < 1.29 is 0 Å². The molecule has 1 saturated carbocycles. The number of rotatable bonds is 3. The van der Waals surface area contributed by atoms with E-state index in [0.29, 0.717) is 6.04 Å². The first-order chi connectivity index (χ1) is 8.56. The first kappa shape index (κ1) is 14.3. The topological polar surface area (TPSA) is 32.5 Å². The van der Waals surface area contributed by atoms with E-state index in [1.54, 1.807) is 0 Å². The second-order valence-electron chi connectivity index (χ2n) is 6.84. The van der Waals surface area contributed by atoms with E-state index in [9.17, 15) is 0 Å². The van der Waals surface area contributed by atoms with Crippen LogP contribution >= 0.6 is 0 Å². The van der Waals surface area contributed by atoms with Crippen LogP contribution in [0.5, 0.6) is 0 Å². The molecule has 0 aromatic heterocycles. The molecule has 1 saturated heterocycles. The molecule has 3 unspecified atom stereocenters. The van der Waals surface area contributed by atoms with E-state index in [1.807, 2.05) is 0 Å². The Morgan fingerprint density at radius 2 is 1.78 bits per heavy atom. The lowest BCUT2D eigenvalue weighted by Gasteiger charge is -2.40. The third-order valence-corrected chi connectivity index (χ3v) is 5.08. The Kier molecular flexibility index (Phi) is 5.05. The number of hydrogen-bond donors (Lipinski definition) is 1. The smallest absolute Gasteiger partial charge is 0.0113 e. The van der Waals surface area contributed by atoms with Crippen molar-refractivity contribution in [3.05, 3.63) is 0 Å². The molecule has 1 aliphatic heterocycles. The van der Waals surface area contributed by atoms with Gasteiger partial charge in [0, 0.05) is 18.6 Å². The van der Waals surface area contributed by atoms with Crippen LogP contribution in [0.2, 0.25) is 0 Å². The number of hydrogen-bond acceptors (Lipinski definition) is 3. The molecule has 0 radical (unpaired) electrons. The lowest BCUT2D eigenvalue weighted by atomic mass is 9.79. The van der Waals surface area contributed by atoms with Crippen molar-refractivity contribution in [1.82, 2.24) is 9.80 Å². The molecule has 0 spiro atoms. The van der Waals surface area contributed by atoms with E-state index in [2.05, 4.69) is 30.8 Å². The number of piperidine rings is 1. The van der Waals surface area contributed by atoms with Gasteiger partial charge in [0.25, 0.3) is 0 Å². The van der Waals surface area contributed by atoms with Gasteiger partial charge in [0.05, 0.1) is 0 Å². The van der Waals surface area contributed by atoms with Gasteiger partial charge in [-0.2, -0.15) is 0 Å². The number of likely N-dealkylation sites (tertiary alicyclic amines) is 1. The van der Waals surface area contributed by atoms with Crippen molar-refractivity contribution in [3.63, 3.8) is 0 Å². The first-order valence-corrected chi connectivity index (χ1v) is 7.70. The van der Waals surface area contributed by atoms with Crippen LogP contribution in [-0.2, 0) is 0 Å². The number of nitrogens with zero attached hydrogens (tertiary/aromatic N) is 2. The van der Waals surface area contributed by atoms with Crippen LogP contribution in [0.4, 0.5) is 0 Å². The van der Waals surface area contributed by atoms with Crippen LogP contribution in [0, 0.1) is 11.8 Å². The van der Waals surface area contributed by atoms with Gasteiger partial charge in [-0.1, -0.05) is 6.92 Å². The van der Waals surface area contributed by atoms with E-state index in [4.69, 9.17) is 5.73 Å². The maximum atomic E-state index is 6.30. The van der Waals surface area contributed by atoms with Gasteiger partial charge >= 0.3 is 0 Å². The van der Waals surface area contributed by atoms with Crippen LogP contribution < -0.4 is 5.73 Å². The van der Waals surface area contributed by atoms with Gasteiger partial charge in [-0.15, -0.1) is 0 Å². The monoisotopic (exact) mass is 253 g/mol. The highest BCUT2D eigenvalue weighted by Crippen LogP contribution is 2.29. The van der Waals surface area contributed by atoms with Gasteiger partial charge in [-0.3, -0.25) is 0 Å². The molecule has 2 rings (SSSR count). The predicted molar refractivity (Wildman–Crippen MR) is 77.6 cm³/mol. The van der Waals surface area contributed by atoms with Gasteiger partial charge in [0.2, 0.25) is 0 Å². The standard InChI is InChI=1S/C15H31N3/c1-12-4-5-15(16)13(10-12)11-18-8-6-14(7-9-18)17(2)3/h12-15H,4-11,16H2,1-3H3. The summed E-state index contributed by atoms with van der Waals surface area (Å²) in [6, 6.07) is 1.24. The Balaban J connectivity index is 1.77. The lowest BCUT2D eigenvalue weighted by Crippen LogP contribution is -2.47. The summed E-state index contributed by atoms with van der Waals surface area (Å²) in [6.45, 7) is 6.16. The van der Waals surface area contributed by atoms with Gasteiger partial charge in [0.15, 0.2) is 0 Å². The molecular weight excluding hydrogens is 222 g/mol. The minimum Gasteiger partial charge on any atom is -0.327 e. The summed E-state index contributed by atoms with van der Waals surface area (Å²) >= 11 is 0. The van der Waals surface area contributed by atoms with Crippen molar-refractivity contribution in [2.45, 2.75) is 51.1 Å². The molecule has 0 amide bonds. The fourth-order valence-electron chi connectivity index (χ4n) is 3.68. The zero-order valence-corrected chi connectivity index (χ0v) is 12.4. The van der Waals surface area contributed by atoms with E-state index in [1.165, 1.54) is 51.7 Å². The van der Waals surface area contributed by atoms with Crippen molar-refractivity contribution in [1.29, 1.82) is 0 Å². The maximum Gasteiger partial charge on any atom is 0.0113 e. The molecule has 3 heteroatoms. The SMILES string of the molecule is CC1CCC(N)C(CN2CCC(N(C)C)CC2)C1. The zero-order valence-electron chi connectivity index (χ0n) is 12.4. The Bertz CT molecular complexity index is 246. The molecular formula is C15H31N3. The minimum absolute atomic E-state index is 0.452. The van der Waals surface area contributed by atoms with Crippen LogP contribution in [0.25, 0.3) is 0 Å². The second kappa shape index (κ2) is 6.36. The Hall–Kier alpha value is -0.120. The average molecular weight is 253 g/mol. The number of nitrogens with two attached hydrogens (primary N) is 1. The summed E-state index contributed by atoms with van der Waals surface area (Å²) < 4.78 is 0. The van der Waals surface area contributed by atoms with Crippen LogP contribution in [0.3, 0.4) is 0 Å². The minimum atomic E-state index is 0.452. The summed E-state index contributed by atoms with van der Waals surface area (Å²) in [5.74, 6) is 1.62. The van der Waals surface area contributed by atoms with Crippen molar-refractivity contribution >= 4 is 0 Å². The third kappa shape index (κ3) is 3.69. The van der Waals surface area contributed by atoms with Crippen LogP contribution in [-0.4, -0.2) is 55.6 Å². The van der Waals surface area contributed by atoms with Gasteiger partial charge in [-0.25, -0.2) is 0 Å². The third-order valence-electron chi connectivity index (χ3n) is 5.08. The molecule has 2 aliphatic rings. The predicted octanol–water partition coefficient (Wildman–Crippen LogP) is 1.78. The average Bonchev–Trinajstić information content (AvgIpc) is 2.34. The quantitative estimate of drug-likeness (QED) is 0.832. The molecule has 1 heterocycles.